The Morgan fingerprint density at radius 1 is 1.14 bits per heavy atom. The van der Waals surface area contributed by atoms with Crippen LogP contribution in [0.2, 0.25) is 0 Å². The summed E-state index contributed by atoms with van der Waals surface area (Å²) in [6.07, 6.45) is 0. The molecule has 1 rings (SSSR count). The van der Waals surface area contributed by atoms with Crippen LogP contribution >= 0.6 is 0 Å². The van der Waals surface area contributed by atoms with E-state index < -0.39 is 5.60 Å². The molecule has 78 valence electrons. The zero-order valence-electron chi connectivity index (χ0n) is 9.51. The summed E-state index contributed by atoms with van der Waals surface area (Å²) in [4.78, 5) is 0. The van der Waals surface area contributed by atoms with E-state index in [0.717, 1.165) is 22.4 Å². The van der Waals surface area contributed by atoms with Crippen LogP contribution in [0.25, 0.3) is 0 Å². The lowest BCUT2D eigenvalue weighted by Crippen LogP contribution is -2.17. The smallest absolute Gasteiger partial charge is 0.122 e. The first kappa shape index (κ1) is 11.1. The number of aliphatic hydroxyl groups is 1. The second-order valence-corrected chi connectivity index (χ2v) is 4.12. The third-order valence-corrected chi connectivity index (χ3v) is 2.62. The van der Waals surface area contributed by atoms with E-state index in [1.54, 1.807) is 21.0 Å². The predicted molar refractivity (Wildman–Crippen MR) is 57.7 cm³/mol. The van der Waals surface area contributed by atoms with Gasteiger partial charge in [0.05, 0.1) is 12.7 Å². The van der Waals surface area contributed by atoms with E-state index in [0.29, 0.717) is 0 Å². The number of hydrogen-bond acceptors (Lipinski definition) is 2. The molecule has 0 saturated heterocycles. The monoisotopic (exact) mass is 194 g/mol. The van der Waals surface area contributed by atoms with Crippen LogP contribution < -0.4 is 4.74 Å². The summed E-state index contributed by atoms with van der Waals surface area (Å²) >= 11 is 0. The molecule has 0 unspecified atom stereocenters. The molecule has 0 radical (unpaired) electrons. The minimum absolute atomic E-state index is 0.791. The number of methoxy groups -OCH3 is 1. The minimum Gasteiger partial charge on any atom is -0.496 e. The standard InChI is InChI=1S/C12H18O2/c1-8-9(2)11(14-5)7-6-10(8)12(3,4)13/h6-7,13H,1-5H3. The zero-order valence-corrected chi connectivity index (χ0v) is 9.51. The second kappa shape index (κ2) is 3.62. The molecule has 0 fully saturated rings. The summed E-state index contributed by atoms with van der Waals surface area (Å²) in [5.41, 5.74) is 2.35. The van der Waals surface area contributed by atoms with Gasteiger partial charge >= 0.3 is 0 Å². The molecular weight excluding hydrogens is 176 g/mol. The average molecular weight is 194 g/mol. The fourth-order valence-electron chi connectivity index (χ4n) is 1.68. The fraction of sp³-hybridized carbons (Fsp3) is 0.500. The molecule has 14 heavy (non-hydrogen) atoms. The molecule has 1 N–H and O–H groups in total. The molecule has 0 bridgehead atoms. The largest absolute Gasteiger partial charge is 0.496 e. The Bertz CT molecular complexity index is 335. The van der Waals surface area contributed by atoms with E-state index >= 15 is 0 Å². The molecular formula is C12H18O2. The van der Waals surface area contributed by atoms with Crippen LogP contribution in [0.3, 0.4) is 0 Å². The van der Waals surface area contributed by atoms with Gasteiger partial charge in [-0.3, -0.25) is 0 Å². The molecule has 0 heterocycles. The van der Waals surface area contributed by atoms with E-state index in [2.05, 4.69) is 0 Å². The van der Waals surface area contributed by atoms with Gasteiger partial charge in [0, 0.05) is 0 Å². The lowest BCUT2D eigenvalue weighted by molar-refractivity contribution is 0.0778. The van der Waals surface area contributed by atoms with Gasteiger partial charge < -0.3 is 9.84 Å². The van der Waals surface area contributed by atoms with Gasteiger partial charge in [-0.25, -0.2) is 0 Å². The molecule has 0 aliphatic heterocycles. The van der Waals surface area contributed by atoms with Crippen LogP contribution in [0.15, 0.2) is 12.1 Å². The maximum absolute atomic E-state index is 9.92. The van der Waals surface area contributed by atoms with Crippen LogP contribution in [-0.4, -0.2) is 12.2 Å². The highest BCUT2D eigenvalue weighted by Crippen LogP contribution is 2.30. The van der Waals surface area contributed by atoms with Gasteiger partial charge in [0.2, 0.25) is 0 Å². The van der Waals surface area contributed by atoms with Crippen molar-refractivity contribution in [1.82, 2.24) is 0 Å². The molecule has 0 atom stereocenters. The quantitative estimate of drug-likeness (QED) is 0.784. The lowest BCUT2D eigenvalue weighted by Gasteiger charge is -2.22. The Morgan fingerprint density at radius 3 is 2.14 bits per heavy atom. The van der Waals surface area contributed by atoms with Crippen molar-refractivity contribution in [2.45, 2.75) is 33.3 Å². The minimum atomic E-state index is -0.791. The van der Waals surface area contributed by atoms with Crippen LogP contribution in [0.1, 0.15) is 30.5 Å². The first-order valence-electron chi connectivity index (χ1n) is 4.75. The van der Waals surface area contributed by atoms with Gasteiger partial charge in [-0.15, -0.1) is 0 Å². The lowest BCUT2D eigenvalue weighted by atomic mass is 9.91. The van der Waals surface area contributed by atoms with Crippen molar-refractivity contribution in [3.05, 3.63) is 28.8 Å². The highest BCUT2D eigenvalue weighted by Gasteiger charge is 2.20. The SMILES string of the molecule is COc1ccc(C(C)(C)O)c(C)c1C. The molecule has 0 aromatic heterocycles. The van der Waals surface area contributed by atoms with Crippen LogP contribution in [0, 0.1) is 13.8 Å². The number of hydrogen-bond donors (Lipinski definition) is 1. The normalized spacial score (nSPS) is 11.6. The number of ether oxygens (including phenoxy) is 1. The van der Waals surface area contributed by atoms with Gasteiger partial charge in [-0.2, -0.15) is 0 Å². The summed E-state index contributed by atoms with van der Waals surface area (Å²) in [5.74, 6) is 0.871. The van der Waals surface area contributed by atoms with Gasteiger partial charge in [-0.1, -0.05) is 6.07 Å². The molecule has 0 aliphatic rings. The predicted octanol–water partition coefficient (Wildman–Crippen LogP) is 2.54. The highest BCUT2D eigenvalue weighted by atomic mass is 16.5. The maximum atomic E-state index is 9.92. The third-order valence-electron chi connectivity index (χ3n) is 2.62. The van der Waals surface area contributed by atoms with E-state index in [1.807, 2.05) is 26.0 Å². The van der Waals surface area contributed by atoms with Gasteiger partial charge in [-0.05, 0) is 50.5 Å². The first-order chi connectivity index (χ1) is 6.38. The van der Waals surface area contributed by atoms with Gasteiger partial charge in [0.25, 0.3) is 0 Å². The van der Waals surface area contributed by atoms with Gasteiger partial charge in [0.1, 0.15) is 5.75 Å². The summed E-state index contributed by atoms with van der Waals surface area (Å²) in [5, 5.41) is 9.92. The highest BCUT2D eigenvalue weighted by molar-refractivity contribution is 5.45. The number of benzene rings is 1. The maximum Gasteiger partial charge on any atom is 0.122 e. The van der Waals surface area contributed by atoms with E-state index in [-0.39, 0.29) is 0 Å². The number of rotatable bonds is 2. The van der Waals surface area contributed by atoms with Crippen molar-refractivity contribution in [2.75, 3.05) is 7.11 Å². The topological polar surface area (TPSA) is 29.5 Å². The van der Waals surface area contributed by atoms with Crippen molar-refractivity contribution in [2.24, 2.45) is 0 Å². The van der Waals surface area contributed by atoms with Crippen LogP contribution in [0.5, 0.6) is 5.75 Å². The Hall–Kier alpha value is -1.02. The Kier molecular flexibility index (Phi) is 2.86. The molecule has 0 spiro atoms. The first-order valence-corrected chi connectivity index (χ1v) is 4.75. The fourth-order valence-corrected chi connectivity index (χ4v) is 1.68. The summed E-state index contributed by atoms with van der Waals surface area (Å²) in [6.45, 7) is 7.59. The molecule has 1 aromatic carbocycles. The third kappa shape index (κ3) is 1.90. The Labute approximate surface area is 85.5 Å². The summed E-state index contributed by atoms with van der Waals surface area (Å²) in [7, 11) is 1.66. The molecule has 0 saturated carbocycles. The summed E-state index contributed by atoms with van der Waals surface area (Å²) in [6, 6.07) is 3.82. The van der Waals surface area contributed by atoms with Crippen molar-refractivity contribution in [1.29, 1.82) is 0 Å². The van der Waals surface area contributed by atoms with E-state index in [1.165, 1.54) is 0 Å². The van der Waals surface area contributed by atoms with Crippen molar-refractivity contribution >= 4 is 0 Å². The molecule has 1 aromatic rings. The second-order valence-electron chi connectivity index (χ2n) is 4.12. The Morgan fingerprint density at radius 2 is 1.71 bits per heavy atom. The summed E-state index contributed by atoms with van der Waals surface area (Å²) < 4.78 is 5.21. The van der Waals surface area contributed by atoms with Gasteiger partial charge in [0.15, 0.2) is 0 Å². The molecule has 0 amide bonds. The average Bonchev–Trinajstić information content (AvgIpc) is 2.07. The van der Waals surface area contributed by atoms with Crippen molar-refractivity contribution in [3.63, 3.8) is 0 Å². The molecule has 2 nitrogen and oxygen atoms in total. The van der Waals surface area contributed by atoms with Crippen LogP contribution in [-0.2, 0) is 5.60 Å². The van der Waals surface area contributed by atoms with E-state index in [9.17, 15) is 5.11 Å². The zero-order chi connectivity index (χ0) is 10.9. The Balaban J connectivity index is 3.31. The molecule has 0 aliphatic carbocycles. The van der Waals surface area contributed by atoms with E-state index in [4.69, 9.17) is 4.74 Å². The van der Waals surface area contributed by atoms with Crippen molar-refractivity contribution in [3.8, 4) is 5.75 Å². The van der Waals surface area contributed by atoms with Crippen molar-refractivity contribution < 1.29 is 9.84 Å². The molecule has 2 heteroatoms. The van der Waals surface area contributed by atoms with Crippen LogP contribution in [0.4, 0.5) is 0 Å².